The Bertz CT molecular complexity index is 390. The quantitative estimate of drug-likeness (QED) is 0.870. The minimum absolute atomic E-state index is 0.0242. The second-order valence-corrected chi connectivity index (χ2v) is 4.53. The molecule has 0 unspecified atom stereocenters. The third-order valence-electron chi connectivity index (χ3n) is 2.86. The molecule has 0 aromatic heterocycles. The van der Waals surface area contributed by atoms with E-state index >= 15 is 0 Å². The van der Waals surface area contributed by atoms with E-state index in [1.54, 1.807) is 7.11 Å². The second kappa shape index (κ2) is 5.82. The van der Waals surface area contributed by atoms with Gasteiger partial charge in [0.15, 0.2) is 0 Å². The van der Waals surface area contributed by atoms with Crippen LogP contribution in [0.4, 0.5) is 0 Å². The fraction of sp³-hybridized carbons (Fsp3) is 0.500. The molecule has 1 N–H and O–H groups in total. The van der Waals surface area contributed by atoms with E-state index in [9.17, 15) is 4.79 Å². The van der Waals surface area contributed by atoms with Crippen LogP contribution in [0.5, 0.6) is 0 Å². The van der Waals surface area contributed by atoms with Gasteiger partial charge in [0.05, 0.1) is 6.10 Å². The molecule has 0 saturated heterocycles. The van der Waals surface area contributed by atoms with E-state index in [0.29, 0.717) is 6.54 Å². The maximum atomic E-state index is 12.1. The van der Waals surface area contributed by atoms with Crippen molar-refractivity contribution >= 4 is 5.91 Å². The van der Waals surface area contributed by atoms with Crippen molar-refractivity contribution in [3.8, 4) is 0 Å². The summed E-state index contributed by atoms with van der Waals surface area (Å²) in [5.74, 6) is -0.0242. The number of carbonyl (C=O) groups excluding carboxylic acids is 1. The van der Waals surface area contributed by atoms with Crippen molar-refractivity contribution in [1.29, 1.82) is 0 Å². The van der Waals surface area contributed by atoms with E-state index in [0.717, 1.165) is 16.7 Å². The predicted octanol–water partition coefficient (Wildman–Crippen LogP) is 2.38. The summed E-state index contributed by atoms with van der Waals surface area (Å²) in [7, 11) is 1.64. The molecule has 0 aliphatic rings. The van der Waals surface area contributed by atoms with Gasteiger partial charge in [-0.2, -0.15) is 0 Å². The summed E-state index contributed by atoms with van der Waals surface area (Å²) in [6.45, 7) is 8.43. The SMILES string of the molecule is CO[C@@H](C)CNC(=O)c1c(C)cc(C)cc1C. The minimum atomic E-state index is -0.0242. The zero-order valence-electron chi connectivity index (χ0n) is 11.3. The van der Waals surface area contributed by atoms with Gasteiger partial charge in [-0.25, -0.2) is 0 Å². The summed E-state index contributed by atoms with van der Waals surface area (Å²) in [6, 6.07) is 4.06. The van der Waals surface area contributed by atoms with Crippen LogP contribution in [0.2, 0.25) is 0 Å². The lowest BCUT2D eigenvalue weighted by atomic mass is 9.99. The first-order chi connectivity index (χ1) is 7.95. The highest BCUT2D eigenvalue weighted by atomic mass is 16.5. The molecule has 94 valence electrons. The van der Waals surface area contributed by atoms with Crippen LogP contribution in [0.1, 0.15) is 34.0 Å². The first kappa shape index (κ1) is 13.7. The molecule has 0 aliphatic heterocycles. The lowest BCUT2D eigenvalue weighted by Gasteiger charge is -2.14. The molecule has 3 heteroatoms. The molecule has 1 rings (SSSR count). The van der Waals surface area contributed by atoms with Crippen molar-refractivity contribution in [2.45, 2.75) is 33.8 Å². The number of hydrogen-bond acceptors (Lipinski definition) is 2. The Morgan fingerprint density at radius 3 is 2.29 bits per heavy atom. The summed E-state index contributed by atoms with van der Waals surface area (Å²) in [4.78, 5) is 12.1. The zero-order chi connectivity index (χ0) is 13.0. The van der Waals surface area contributed by atoms with Gasteiger partial charge in [0.2, 0.25) is 0 Å². The number of carbonyl (C=O) groups is 1. The maximum Gasteiger partial charge on any atom is 0.251 e. The standard InChI is InChI=1S/C14H21NO2/c1-9-6-10(2)13(11(3)7-9)14(16)15-8-12(4)17-5/h6-7,12H,8H2,1-5H3,(H,15,16)/t12-/m0/s1. The summed E-state index contributed by atoms with van der Waals surface area (Å²) in [6.07, 6.45) is 0.0324. The van der Waals surface area contributed by atoms with Crippen LogP contribution < -0.4 is 5.32 Å². The number of hydrogen-bond donors (Lipinski definition) is 1. The topological polar surface area (TPSA) is 38.3 Å². The van der Waals surface area contributed by atoms with E-state index in [1.165, 1.54) is 5.56 Å². The van der Waals surface area contributed by atoms with E-state index in [2.05, 4.69) is 5.32 Å². The van der Waals surface area contributed by atoms with Crippen molar-refractivity contribution in [1.82, 2.24) is 5.32 Å². The highest BCUT2D eigenvalue weighted by Crippen LogP contribution is 2.16. The fourth-order valence-electron chi connectivity index (χ4n) is 1.95. The van der Waals surface area contributed by atoms with E-state index < -0.39 is 0 Å². The van der Waals surface area contributed by atoms with Gasteiger partial charge in [-0.3, -0.25) is 4.79 Å². The zero-order valence-corrected chi connectivity index (χ0v) is 11.3. The molecule has 1 atom stereocenters. The molecule has 1 amide bonds. The third kappa shape index (κ3) is 3.56. The Morgan fingerprint density at radius 1 is 1.29 bits per heavy atom. The van der Waals surface area contributed by atoms with Crippen LogP contribution in [0.15, 0.2) is 12.1 Å². The van der Waals surface area contributed by atoms with Crippen LogP contribution in [-0.2, 0) is 4.74 Å². The minimum Gasteiger partial charge on any atom is -0.380 e. The molecule has 3 nitrogen and oxygen atoms in total. The first-order valence-electron chi connectivity index (χ1n) is 5.84. The highest BCUT2D eigenvalue weighted by molar-refractivity contribution is 5.97. The van der Waals surface area contributed by atoms with Crippen molar-refractivity contribution in [3.63, 3.8) is 0 Å². The Balaban J connectivity index is 2.82. The molecule has 0 aliphatic carbocycles. The number of nitrogens with one attached hydrogen (secondary N) is 1. The molecular weight excluding hydrogens is 214 g/mol. The summed E-state index contributed by atoms with van der Waals surface area (Å²) >= 11 is 0. The van der Waals surface area contributed by atoms with Gasteiger partial charge in [0.25, 0.3) is 5.91 Å². The van der Waals surface area contributed by atoms with Gasteiger partial charge in [-0.05, 0) is 38.8 Å². The number of rotatable bonds is 4. The smallest absolute Gasteiger partial charge is 0.251 e. The molecular formula is C14H21NO2. The van der Waals surface area contributed by atoms with Crippen molar-refractivity contribution in [2.75, 3.05) is 13.7 Å². The third-order valence-corrected chi connectivity index (χ3v) is 2.86. The molecule has 0 radical (unpaired) electrons. The number of benzene rings is 1. The van der Waals surface area contributed by atoms with E-state index in [-0.39, 0.29) is 12.0 Å². The number of ether oxygens (including phenoxy) is 1. The molecule has 0 fully saturated rings. The molecule has 17 heavy (non-hydrogen) atoms. The highest BCUT2D eigenvalue weighted by Gasteiger charge is 2.13. The average Bonchev–Trinajstić information content (AvgIpc) is 2.24. The van der Waals surface area contributed by atoms with Gasteiger partial charge in [0, 0.05) is 19.2 Å². The normalized spacial score (nSPS) is 12.3. The van der Waals surface area contributed by atoms with E-state index in [1.807, 2.05) is 39.8 Å². The van der Waals surface area contributed by atoms with Crippen LogP contribution in [-0.4, -0.2) is 25.7 Å². The number of methoxy groups -OCH3 is 1. The van der Waals surface area contributed by atoms with Crippen molar-refractivity contribution < 1.29 is 9.53 Å². The Morgan fingerprint density at radius 2 is 1.82 bits per heavy atom. The summed E-state index contributed by atoms with van der Waals surface area (Å²) in [5.41, 5.74) is 4.00. The van der Waals surface area contributed by atoms with Gasteiger partial charge in [-0.1, -0.05) is 17.7 Å². The van der Waals surface area contributed by atoms with Gasteiger partial charge in [0.1, 0.15) is 0 Å². The number of amides is 1. The lowest BCUT2D eigenvalue weighted by Crippen LogP contribution is -2.32. The predicted molar refractivity (Wildman–Crippen MR) is 69.5 cm³/mol. The largest absolute Gasteiger partial charge is 0.380 e. The maximum absolute atomic E-state index is 12.1. The van der Waals surface area contributed by atoms with Crippen molar-refractivity contribution in [3.05, 3.63) is 34.4 Å². The summed E-state index contributed by atoms with van der Waals surface area (Å²) < 4.78 is 5.10. The number of aryl methyl sites for hydroxylation is 3. The van der Waals surface area contributed by atoms with E-state index in [4.69, 9.17) is 4.74 Å². The first-order valence-corrected chi connectivity index (χ1v) is 5.84. The molecule has 1 aromatic rings. The van der Waals surface area contributed by atoms with Gasteiger partial charge in [-0.15, -0.1) is 0 Å². The van der Waals surface area contributed by atoms with Crippen molar-refractivity contribution in [2.24, 2.45) is 0 Å². The Kier molecular flexibility index (Phi) is 4.70. The Hall–Kier alpha value is -1.35. The molecule has 1 aromatic carbocycles. The summed E-state index contributed by atoms with van der Waals surface area (Å²) in [5, 5.41) is 2.89. The van der Waals surface area contributed by atoms with Crippen LogP contribution in [0.3, 0.4) is 0 Å². The molecule has 0 saturated carbocycles. The van der Waals surface area contributed by atoms with Crippen LogP contribution >= 0.6 is 0 Å². The Labute approximate surface area is 103 Å². The second-order valence-electron chi connectivity index (χ2n) is 4.53. The van der Waals surface area contributed by atoms with Crippen LogP contribution in [0.25, 0.3) is 0 Å². The van der Waals surface area contributed by atoms with Gasteiger partial charge >= 0.3 is 0 Å². The lowest BCUT2D eigenvalue weighted by molar-refractivity contribution is 0.0869. The van der Waals surface area contributed by atoms with Gasteiger partial charge < -0.3 is 10.1 Å². The van der Waals surface area contributed by atoms with Crippen LogP contribution in [0, 0.1) is 20.8 Å². The fourth-order valence-corrected chi connectivity index (χ4v) is 1.95. The molecule has 0 heterocycles. The molecule has 0 spiro atoms. The molecule has 0 bridgehead atoms. The monoisotopic (exact) mass is 235 g/mol. The average molecular weight is 235 g/mol.